The van der Waals surface area contributed by atoms with Crippen molar-refractivity contribution in [3.8, 4) is 0 Å². The van der Waals surface area contributed by atoms with E-state index in [1.54, 1.807) is 0 Å². The summed E-state index contributed by atoms with van der Waals surface area (Å²) in [4.78, 5) is 14.5. The third-order valence-corrected chi connectivity index (χ3v) is 17.0. The van der Waals surface area contributed by atoms with E-state index < -0.39 is 84.8 Å². The number of allylic oxidation sites excluding steroid dienone is 2. The van der Waals surface area contributed by atoms with Crippen molar-refractivity contribution in [3.63, 3.8) is 0 Å². The van der Waals surface area contributed by atoms with Crippen LogP contribution >= 0.6 is 0 Å². The lowest BCUT2D eigenvalue weighted by Crippen LogP contribution is -2.67. The van der Waals surface area contributed by atoms with Gasteiger partial charge in [0.15, 0.2) is 6.29 Å². The lowest BCUT2D eigenvalue weighted by atomic mass is 9.33. The summed E-state index contributed by atoms with van der Waals surface area (Å²) < 4.78 is 23.7. The average Bonchev–Trinajstić information content (AvgIpc) is 3.13. The third kappa shape index (κ3) is 5.92. The molecule has 2 heterocycles. The van der Waals surface area contributed by atoms with E-state index in [0.717, 1.165) is 44.9 Å². The highest BCUT2D eigenvalue weighted by molar-refractivity contribution is 5.79. The van der Waals surface area contributed by atoms with Gasteiger partial charge in [0.2, 0.25) is 6.29 Å². The summed E-state index contributed by atoms with van der Waals surface area (Å²) in [5.41, 5.74) is -0.724. The molecule has 13 nitrogen and oxygen atoms in total. The van der Waals surface area contributed by atoms with Crippen LogP contribution in [0.1, 0.15) is 106 Å². The first-order valence-corrected chi connectivity index (χ1v) is 20.4. The van der Waals surface area contributed by atoms with Gasteiger partial charge in [-0.2, -0.15) is 0 Å². The van der Waals surface area contributed by atoms with Gasteiger partial charge in [0.05, 0.1) is 31.3 Å². The summed E-state index contributed by atoms with van der Waals surface area (Å²) in [6.07, 6.45) is -2.97. The van der Waals surface area contributed by atoms with Crippen LogP contribution in [0, 0.1) is 50.2 Å². The first kappa shape index (κ1) is 40.9. The summed E-state index contributed by atoms with van der Waals surface area (Å²) in [6, 6.07) is 0. The molecule has 8 N–H and O–H groups in total. The van der Waals surface area contributed by atoms with Crippen LogP contribution in [0.2, 0.25) is 0 Å². The predicted molar refractivity (Wildman–Crippen MR) is 193 cm³/mol. The second-order valence-electron chi connectivity index (χ2n) is 20.1. The van der Waals surface area contributed by atoms with Gasteiger partial charge >= 0.3 is 5.97 Å². The fourth-order valence-corrected chi connectivity index (χ4v) is 13.3. The van der Waals surface area contributed by atoms with Crippen molar-refractivity contribution in [2.75, 3.05) is 19.8 Å². The van der Waals surface area contributed by atoms with Gasteiger partial charge in [0, 0.05) is 5.41 Å². The molecule has 0 amide bonds. The number of hydrogen-bond donors (Lipinski definition) is 8. The average molecular weight is 767 g/mol. The molecule has 308 valence electrons. The Morgan fingerprint density at radius 3 is 2.17 bits per heavy atom. The number of aliphatic hydroxyl groups excluding tert-OH is 8. The van der Waals surface area contributed by atoms with Crippen LogP contribution < -0.4 is 0 Å². The Morgan fingerprint density at radius 2 is 1.48 bits per heavy atom. The van der Waals surface area contributed by atoms with Gasteiger partial charge in [0.1, 0.15) is 42.7 Å². The van der Waals surface area contributed by atoms with E-state index in [-0.39, 0.29) is 52.6 Å². The monoisotopic (exact) mass is 766 g/mol. The third-order valence-electron chi connectivity index (χ3n) is 17.0. The molecule has 0 aromatic rings. The fraction of sp³-hybridized carbons (Fsp3) is 0.927. The predicted octanol–water partition coefficient (Wildman–Crippen LogP) is 1.93. The quantitative estimate of drug-likeness (QED) is 0.110. The van der Waals surface area contributed by atoms with Crippen LogP contribution in [0.4, 0.5) is 0 Å². The molecule has 0 bridgehead atoms. The fourth-order valence-electron chi connectivity index (χ4n) is 13.3. The van der Waals surface area contributed by atoms with Crippen molar-refractivity contribution in [2.24, 2.45) is 50.2 Å². The molecule has 0 spiro atoms. The summed E-state index contributed by atoms with van der Waals surface area (Å²) in [6.45, 7) is 12.9. The number of carbonyl (C=O) groups excluding carboxylic acids is 1. The zero-order valence-electron chi connectivity index (χ0n) is 32.9. The minimum Gasteiger partial charge on any atom is -0.432 e. The molecule has 7 aliphatic rings. The molecule has 4 saturated carbocycles. The molecule has 0 aromatic carbocycles. The van der Waals surface area contributed by atoms with Gasteiger partial charge in [0.25, 0.3) is 0 Å². The van der Waals surface area contributed by atoms with Gasteiger partial charge in [-0.05, 0) is 104 Å². The molecule has 5 aliphatic carbocycles. The van der Waals surface area contributed by atoms with Crippen LogP contribution in [0.25, 0.3) is 0 Å². The Bertz CT molecular complexity index is 1450. The topological polar surface area (TPSA) is 216 Å². The molecule has 18 atom stereocenters. The highest BCUT2D eigenvalue weighted by atomic mass is 16.7. The van der Waals surface area contributed by atoms with Crippen LogP contribution in [-0.4, -0.2) is 128 Å². The smallest absolute Gasteiger partial charge is 0.315 e. The summed E-state index contributed by atoms with van der Waals surface area (Å²) >= 11 is 0. The molecule has 13 heteroatoms. The molecular weight excluding hydrogens is 700 g/mol. The Hall–Kier alpha value is -1.23. The van der Waals surface area contributed by atoms with Crippen molar-refractivity contribution in [1.29, 1.82) is 0 Å². The number of ether oxygens (including phenoxy) is 4. The van der Waals surface area contributed by atoms with Crippen molar-refractivity contribution in [1.82, 2.24) is 0 Å². The van der Waals surface area contributed by atoms with E-state index >= 15 is 0 Å². The second-order valence-corrected chi connectivity index (χ2v) is 20.1. The van der Waals surface area contributed by atoms with E-state index in [9.17, 15) is 45.6 Å². The molecule has 7 rings (SSSR count). The maximum absolute atomic E-state index is 14.5. The van der Waals surface area contributed by atoms with E-state index in [4.69, 9.17) is 18.9 Å². The lowest BCUT2D eigenvalue weighted by molar-refractivity contribution is -0.312. The van der Waals surface area contributed by atoms with Crippen LogP contribution in [0.5, 0.6) is 0 Å². The lowest BCUT2D eigenvalue weighted by Gasteiger charge is -2.71. The van der Waals surface area contributed by atoms with Gasteiger partial charge in [-0.1, -0.05) is 53.2 Å². The maximum Gasteiger partial charge on any atom is 0.315 e. The highest BCUT2D eigenvalue weighted by Gasteiger charge is 2.70. The van der Waals surface area contributed by atoms with Gasteiger partial charge in [-0.15, -0.1) is 0 Å². The van der Waals surface area contributed by atoms with Crippen molar-refractivity contribution in [3.05, 3.63) is 11.6 Å². The molecule has 0 aromatic heterocycles. The largest absolute Gasteiger partial charge is 0.432 e. The van der Waals surface area contributed by atoms with E-state index in [1.165, 1.54) is 5.57 Å². The molecule has 2 saturated heterocycles. The van der Waals surface area contributed by atoms with E-state index in [2.05, 4.69) is 47.6 Å². The first-order valence-electron chi connectivity index (χ1n) is 20.4. The normalized spacial score (nSPS) is 54.3. The standard InChI is InChI=1S/C41H66O13/c1-36(2)13-15-41(35(50)54-34-32(49)30(47)29(46)24(18-42)52-34)16-14-39(5)21(22(41)17-36)7-8-26-37(3)11-10-27(53-33-31(48)28(45)23(44)19-51-33)38(4,20-43)25(37)9-12-40(26,39)6/h7,22-34,42-49H,8-20H2,1-6H3/t22-,23+,24+,25?,26?,27-,28+,29+,30-,31-,32+,33+,34-,37-,38-,39+,40+,41-/m0/s1. The number of rotatable bonds is 6. The molecule has 6 fully saturated rings. The van der Waals surface area contributed by atoms with Crippen molar-refractivity contribution >= 4 is 5.97 Å². The molecular formula is C41H66O13. The minimum atomic E-state index is -1.66. The molecule has 54 heavy (non-hydrogen) atoms. The number of fused-ring (bicyclic) bond motifs is 7. The number of hydrogen-bond acceptors (Lipinski definition) is 13. The Labute approximate surface area is 319 Å². The number of esters is 1. The number of aliphatic hydroxyl groups is 8. The Kier molecular flexibility index (Phi) is 10.6. The van der Waals surface area contributed by atoms with Gasteiger partial charge < -0.3 is 59.8 Å². The summed E-state index contributed by atoms with van der Waals surface area (Å²) in [7, 11) is 0. The molecule has 2 aliphatic heterocycles. The Balaban J connectivity index is 1.17. The van der Waals surface area contributed by atoms with Gasteiger partial charge in [-0.3, -0.25) is 4.79 Å². The van der Waals surface area contributed by atoms with Crippen LogP contribution in [0.15, 0.2) is 11.6 Å². The molecule has 0 radical (unpaired) electrons. The second kappa shape index (κ2) is 14.0. The zero-order valence-corrected chi connectivity index (χ0v) is 32.9. The zero-order chi connectivity index (χ0) is 39.4. The van der Waals surface area contributed by atoms with Gasteiger partial charge in [-0.25, -0.2) is 0 Å². The number of carbonyl (C=O) groups is 1. The molecule has 2 unspecified atom stereocenters. The maximum atomic E-state index is 14.5. The summed E-state index contributed by atoms with van der Waals surface area (Å²) in [5.74, 6) is -0.193. The van der Waals surface area contributed by atoms with E-state index in [1.807, 2.05) is 0 Å². The van der Waals surface area contributed by atoms with Crippen molar-refractivity contribution in [2.45, 2.75) is 167 Å². The summed E-state index contributed by atoms with van der Waals surface area (Å²) in [5, 5.41) is 83.4. The van der Waals surface area contributed by atoms with Crippen LogP contribution in [-0.2, 0) is 23.7 Å². The van der Waals surface area contributed by atoms with Crippen molar-refractivity contribution < 1.29 is 64.6 Å². The SMILES string of the molecule is CC1(C)CC[C@]2(C(=O)O[C@@H]3O[C@H](CO)[C@@H](O)[C@H](O)[C@H]3O)CC[C@]3(C)C(=CCC4[C@@]5(C)CC[C@H](O[C@H]6OC[C@@H](O)[C@@H](O)[C@@H]6O)[C@@](C)(CO)C5CC[C@]43C)[C@@H]2C1. The first-order chi connectivity index (χ1) is 25.2. The van der Waals surface area contributed by atoms with Crippen LogP contribution in [0.3, 0.4) is 0 Å². The van der Waals surface area contributed by atoms with E-state index in [0.29, 0.717) is 19.3 Å². The highest BCUT2D eigenvalue weighted by Crippen LogP contribution is 2.76. The Morgan fingerprint density at radius 1 is 0.796 bits per heavy atom. The minimum absolute atomic E-state index is 0.0247.